The monoisotopic (exact) mass is 368 g/mol. The number of aromatic nitrogens is 4. The van der Waals surface area contributed by atoms with Gasteiger partial charge in [0.25, 0.3) is 0 Å². The summed E-state index contributed by atoms with van der Waals surface area (Å²) in [4.78, 5) is 8.92. The number of rotatable bonds is 2. The highest BCUT2D eigenvalue weighted by Crippen LogP contribution is 2.31. The fourth-order valence-corrected chi connectivity index (χ4v) is 2.80. The van der Waals surface area contributed by atoms with Crippen molar-refractivity contribution in [2.75, 3.05) is 0 Å². The SMILES string of the molecule is Fc1ccccc1-c1n[nH]cc1-c1ccc2ncc(Br)cc2n1. The number of nitrogens with zero attached hydrogens (tertiary/aromatic N) is 3. The maximum absolute atomic E-state index is 14.1. The lowest BCUT2D eigenvalue weighted by molar-refractivity contribution is 0.630. The standard InChI is InChI=1S/C17H10BrFN4/c18-10-7-16-15(20-8-10)6-5-14(22-16)12-9-21-23-17(12)11-3-1-2-4-13(11)19/h1-9H,(H,21,23). The van der Waals surface area contributed by atoms with E-state index in [1.807, 2.05) is 18.2 Å². The van der Waals surface area contributed by atoms with Crippen LogP contribution < -0.4 is 0 Å². The van der Waals surface area contributed by atoms with E-state index in [2.05, 4.69) is 36.1 Å². The van der Waals surface area contributed by atoms with Crippen LogP contribution in [-0.2, 0) is 0 Å². The molecular weight excluding hydrogens is 359 g/mol. The second-order valence-electron chi connectivity index (χ2n) is 5.02. The van der Waals surface area contributed by atoms with Gasteiger partial charge in [0.2, 0.25) is 0 Å². The summed E-state index contributed by atoms with van der Waals surface area (Å²) in [6, 6.07) is 12.2. The van der Waals surface area contributed by atoms with Gasteiger partial charge in [-0.25, -0.2) is 9.37 Å². The summed E-state index contributed by atoms with van der Waals surface area (Å²) in [6.45, 7) is 0. The minimum absolute atomic E-state index is 0.314. The summed E-state index contributed by atoms with van der Waals surface area (Å²) >= 11 is 3.40. The number of hydrogen-bond acceptors (Lipinski definition) is 3. The predicted molar refractivity (Wildman–Crippen MR) is 90.2 cm³/mol. The van der Waals surface area contributed by atoms with Gasteiger partial charge in [0.05, 0.1) is 16.7 Å². The lowest BCUT2D eigenvalue weighted by Crippen LogP contribution is -1.90. The minimum atomic E-state index is -0.314. The topological polar surface area (TPSA) is 54.5 Å². The van der Waals surface area contributed by atoms with Crippen LogP contribution in [0.25, 0.3) is 33.5 Å². The fraction of sp³-hybridized carbons (Fsp3) is 0. The lowest BCUT2D eigenvalue weighted by atomic mass is 10.0. The predicted octanol–water partition coefficient (Wildman–Crippen LogP) is 4.59. The third-order valence-electron chi connectivity index (χ3n) is 3.55. The van der Waals surface area contributed by atoms with E-state index in [0.717, 1.165) is 21.1 Å². The molecule has 3 heterocycles. The van der Waals surface area contributed by atoms with Crippen molar-refractivity contribution < 1.29 is 4.39 Å². The first-order chi connectivity index (χ1) is 11.2. The van der Waals surface area contributed by atoms with Crippen molar-refractivity contribution >= 4 is 27.0 Å². The zero-order valence-corrected chi connectivity index (χ0v) is 13.4. The summed E-state index contributed by atoms with van der Waals surface area (Å²) in [5, 5.41) is 6.99. The first-order valence-electron chi connectivity index (χ1n) is 6.94. The Morgan fingerprint density at radius 3 is 2.74 bits per heavy atom. The van der Waals surface area contributed by atoms with E-state index in [1.54, 1.807) is 30.6 Å². The van der Waals surface area contributed by atoms with Crippen LogP contribution in [0.1, 0.15) is 0 Å². The van der Waals surface area contributed by atoms with E-state index < -0.39 is 0 Å². The summed E-state index contributed by atoms with van der Waals surface area (Å²) in [6.07, 6.45) is 3.45. The van der Waals surface area contributed by atoms with E-state index in [9.17, 15) is 4.39 Å². The number of fused-ring (bicyclic) bond motifs is 1. The van der Waals surface area contributed by atoms with Crippen LogP contribution >= 0.6 is 15.9 Å². The number of nitrogens with one attached hydrogen (secondary N) is 1. The molecule has 4 aromatic rings. The summed E-state index contributed by atoms with van der Waals surface area (Å²) in [5.74, 6) is -0.314. The van der Waals surface area contributed by atoms with Crippen LogP contribution in [-0.4, -0.2) is 20.2 Å². The van der Waals surface area contributed by atoms with Gasteiger partial charge in [-0.1, -0.05) is 12.1 Å². The van der Waals surface area contributed by atoms with Gasteiger partial charge in [-0.15, -0.1) is 0 Å². The lowest BCUT2D eigenvalue weighted by Gasteiger charge is -2.05. The Hall–Kier alpha value is -2.60. The second kappa shape index (κ2) is 5.55. The normalized spacial score (nSPS) is 11.0. The minimum Gasteiger partial charge on any atom is -0.284 e. The fourth-order valence-electron chi connectivity index (χ4n) is 2.48. The Kier molecular flexibility index (Phi) is 3.38. The van der Waals surface area contributed by atoms with Crippen molar-refractivity contribution in [1.82, 2.24) is 20.2 Å². The van der Waals surface area contributed by atoms with E-state index >= 15 is 0 Å². The van der Waals surface area contributed by atoms with Crippen molar-refractivity contribution in [3.63, 3.8) is 0 Å². The van der Waals surface area contributed by atoms with Gasteiger partial charge in [0.1, 0.15) is 11.5 Å². The number of hydrogen-bond donors (Lipinski definition) is 1. The highest BCUT2D eigenvalue weighted by molar-refractivity contribution is 9.10. The van der Waals surface area contributed by atoms with Crippen LogP contribution in [0.15, 0.2) is 59.3 Å². The smallest absolute Gasteiger partial charge is 0.132 e. The molecule has 0 saturated heterocycles. The quantitative estimate of drug-likeness (QED) is 0.562. The highest BCUT2D eigenvalue weighted by atomic mass is 79.9. The maximum atomic E-state index is 14.1. The zero-order valence-electron chi connectivity index (χ0n) is 11.8. The number of H-pyrrole nitrogens is 1. The Bertz CT molecular complexity index is 1010. The van der Waals surface area contributed by atoms with Crippen molar-refractivity contribution in [1.29, 1.82) is 0 Å². The molecule has 1 N–H and O–H groups in total. The molecule has 0 fully saturated rings. The van der Waals surface area contributed by atoms with Crippen LogP contribution in [0.3, 0.4) is 0 Å². The van der Waals surface area contributed by atoms with Gasteiger partial charge in [-0.3, -0.25) is 10.1 Å². The van der Waals surface area contributed by atoms with Gasteiger partial charge < -0.3 is 0 Å². The Morgan fingerprint density at radius 2 is 1.87 bits per heavy atom. The van der Waals surface area contributed by atoms with Crippen molar-refractivity contribution in [2.45, 2.75) is 0 Å². The molecule has 4 rings (SSSR count). The number of halogens is 2. The maximum Gasteiger partial charge on any atom is 0.132 e. The number of pyridine rings is 2. The first kappa shape index (κ1) is 14.0. The highest BCUT2D eigenvalue weighted by Gasteiger charge is 2.15. The largest absolute Gasteiger partial charge is 0.284 e. The average molecular weight is 369 g/mol. The zero-order chi connectivity index (χ0) is 15.8. The van der Waals surface area contributed by atoms with E-state index in [4.69, 9.17) is 0 Å². The summed E-state index contributed by atoms with van der Waals surface area (Å²) < 4.78 is 14.9. The van der Waals surface area contributed by atoms with Crippen molar-refractivity contribution in [3.8, 4) is 22.5 Å². The van der Waals surface area contributed by atoms with Crippen molar-refractivity contribution in [3.05, 3.63) is 65.1 Å². The van der Waals surface area contributed by atoms with E-state index in [-0.39, 0.29) is 5.82 Å². The van der Waals surface area contributed by atoms with Crippen LogP contribution in [0, 0.1) is 5.82 Å². The van der Waals surface area contributed by atoms with Gasteiger partial charge in [-0.05, 0) is 46.3 Å². The molecule has 6 heteroatoms. The molecule has 0 unspecified atom stereocenters. The summed E-state index contributed by atoms with van der Waals surface area (Å²) in [7, 11) is 0. The molecule has 0 aliphatic carbocycles. The van der Waals surface area contributed by atoms with E-state index in [0.29, 0.717) is 17.0 Å². The molecule has 23 heavy (non-hydrogen) atoms. The Balaban J connectivity index is 1.89. The van der Waals surface area contributed by atoms with Gasteiger partial charge in [-0.2, -0.15) is 5.10 Å². The third-order valence-corrected chi connectivity index (χ3v) is 3.98. The molecule has 0 aliphatic heterocycles. The molecule has 1 aromatic carbocycles. The first-order valence-corrected chi connectivity index (χ1v) is 7.73. The van der Waals surface area contributed by atoms with Gasteiger partial charge in [0.15, 0.2) is 0 Å². The van der Waals surface area contributed by atoms with Gasteiger partial charge >= 0.3 is 0 Å². The van der Waals surface area contributed by atoms with Crippen molar-refractivity contribution in [2.24, 2.45) is 0 Å². The molecule has 0 atom stereocenters. The number of aromatic amines is 1. The van der Waals surface area contributed by atoms with Crippen LogP contribution in [0.5, 0.6) is 0 Å². The molecule has 3 aromatic heterocycles. The second-order valence-corrected chi connectivity index (χ2v) is 5.93. The molecule has 0 radical (unpaired) electrons. The molecule has 0 aliphatic rings. The molecule has 112 valence electrons. The van der Waals surface area contributed by atoms with Gasteiger partial charge in [0, 0.05) is 28.0 Å². The Labute approximate surface area is 139 Å². The Morgan fingerprint density at radius 1 is 1.00 bits per heavy atom. The van der Waals surface area contributed by atoms with E-state index in [1.165, 1.54) is 6.07 Å². The molecule has 0 amide bonds. The van der Waals surface area contributed by atoms with Crippen LogP contribution in [0.4, 0.5) is 4.39 Å². The average Bonchev–Trinajstić information content (AvgIpc) is 3.04. The molecule has 0 saturated carbocycles. The number of benzene rings is 1. The molecular formula is C17H10BrFN4. The molecule has 0 spiro atoms. The third kappa shape index (κ3) is 2.51. The summed E-state index contributed by atoms with van der Waals surface area (Å²) in [5.41, 5.74) is 4.00. The molecule has 0 bridgehead atoms. The molecule has 4 nitrogen and oxygen atoms in total. The van der Waals surface area contributed by atoms with Crippen LogP contribution in [0.2, 0.25) is 0 Å².